The Kier molecular flexibility index (Phi) is 4.57. The van der Waals surface area contributed by atoms with Crippen LogP contribution in [0, 0.1) is 6.92 Å². The van der Waals surface area contributed by atoms with Crippen molar-refractivity contribution < 1.29 is 4.79 Å². The van der Waals surface area contributed by atoms with Crippen LogP contribution in [0.15, 0.2) is 48.8 Å². The van der Waals surface area contributed by atoms with E-state index in [4.69, 9.17) is 11.6 Å². The van der Waals surface area contributed by atoms with Crippen LogP contribution in [0.4, 0.5) is 5.69 Å². The molecule has 2 heterocycles. The molecule has 0 aliphatic carbocycles. The van der Waals surface area contributed by atoms with E-state index >= 15 is 0 Å². The Labute approximate surface area is 144 Å². The predicted molar refractivity (Wildman–Crippen MR) is 92.7 cm³/mol. The fraction of sp³-hybridized carbons (Fsp3) is 0.176. The Hall–Kier alpha value is -2.73. The van der Waals surface area contributed by atoms with E-state index in [0.29, 0.717) is 28.6 Å². The van der Waals surface area contributed by atoms with Crippen molar-refractivity contribution in [3.63, 3.8) is 0 Å². The maximum Gasteiger partial charge on any atom is 0.280 e. The number of pyridine rings is 1. The van der Waals surface area contributed by atoms with E-state index in [9.17, 15) is 4.79 Å². The van der Waals surface area contributed by atoms with Gasteiger partial charge in [-0.25, -0.2) is 0 Å². The second-order valence-electron chi connectivity index (χ2n) is 5.16. The Morgan fingerprint density at radius 3 is 2.62 bits per heavy atom. The van der Waals surface area contributed by atoms with Gasteiger partial charge in [0.05, 0.1) is 11.4 Å². The summed E-state index contributed by atoms with van der Waals surface area (Å²) in [6.45, 7) is 4.20. The number of nitrogens with zero attached hydrogens (tertiary/aromatic N) is 5. The highest BCUT2D eigenvalue weighted by molar-refractivity contribution is 6.30. The molecule has 0 saturated heterocycles. The van der Waals surface area contributed by atoms with Crippen molar-refractivity contribution >= 4 is 23.2 Å². The Bertz CT molecular complexity index is 862. The fourth-order valence-electron chi connectivity index (χ4n) is 2.39. The first-order valence-electron chi connectivity index (χ1n) is 7.52. The third-order valence-corrected chi connectivity index (χ3v) is 3.79. The summed E-state index contributed by atoms with van der Waals surface area (Å²) in [6.07, 6.45) is 3.31. The highest BCUT2D eigenvalue weighted by Crippen LogP contribution is 2.18. The van der Waals surface area contributed by atoms with Gasteiger partial charge >= 0.3 is 0 Å². The van der Waals surface area contributed by atoms with Crippen LogP contribution in [0.1, 0.15) is 23.1 Å². The van der Waals surface area contributed by atoms with Crippen molar-refractivity contribution in [2.45, 2.75) is 13.8 Å². The van der Waals surface area contributed by atoms with Gasteiger partial charge in [-0.3, -0.25) is 9.78 Å². The summed E-state index contributed by atoms with van der Waals surface area (Å²) in [5.74, 6) is -0.200. The van der Waals surface area contributed by atoms with Gasteiger partial charge in [-0.15, -0.1) is 5.10 Å². The van der Waals surface area contributed by atoms with Crippen LogP contribution in [0.25, 0.3) is 5.69 Å². The van der Waals surface area contributed by atoms with Crippen LogP contribution < -0.4 is 4.90 Å². The van der Waals surface area contributed by atoms with E-state index < -0.39 is 0 Å². The number of aromatic nitrogens is 4. The molecule has 0 fully saturated rings. The minimum absolute atomic E-state index is 0.200. The van der Waals surface area contributed by atoms with Gasteiger partial charge < -0.3 is 4.90 Å². The molecule has 1 aromatic carbocycles. The third-order valence-electron chi connectivity index (χ3n) is 3.56. The molecule has 7 heteroatoms. The largest absolute Gasteiger partial charge is 0.307 e. The Balaban J connectivity index is 1.96. The molecule has 0 bridgehead atoms. The fourth-order valence-corrected chi connectivity index (χ4v) is 2.57. The van der Waals surface area contributed by atoms with Crippen molar-refractivity contribution in [1.82, 2.24) is 20.0 Å². The number of benzene rings is 1. The minimum Gasteiger partial charge on any atom is -0.307 e. The van der Waals surface area contributed by atoms with Gasteiger partial charge in [-0.2, -0.15) is 9.90 Å². The zero-order chi connectivity index (χ0) is 17.1. The number of carbonyl (C=O) groups is 1. The molecule has 0 radical (unpaired) electrons. The third kappa shape index (κ3) is 3.14. The summed E-state index contributed by atoms with van der Waals surface area (Å²) >= 11 is 6.01. The number of hydrogen-bond donors (Lipinski definition) is 0. The molecule has 0 aliphatic heterocycles. The summed E-state index contributed by atoms with van der Waals surface area (Å²) in [4.78, 5) is 19.9. The lowest BCUT2D eigenvalue weighted by atomic mass is 10.2. The number of aryl methyl sites for hydroxylation is 1. The number of amides is 1. The van der Waals surface area contributed by atoms with E-state index in [1.807, 2.05) is 19.1 Å². The number of halogens is 1. The van der Waals surface area contributed by atoms with Gasteiger partial charge in [-0.1, -0.05) is 17.7 Å². The van der Waals surface area contributed by atoms with Crippen molar-refractivity contribution in [3.05, 3.63) is 65.2 Å². The first kappa shape index (κ1) is 16.1. The van der Waals surface area contributed by atoms with Crippen LogP contribution in [0.3, 0.4) is 0 Å². The first-order chi connectivity index (χ1) is 11.6. The van der Waals surface area contributed by atoms with Gasteiger partial charge in [0, 0.05) is 29.6 Å². The average molecular weight is 342 g/mol. The van der Waals surface area contributed by atoms with Crippen LogP contribution in [0.2, 0.25) is 5.02 Å². The number of hydrogen-bond acceptors (Lipinski definition) is 4. The van der Waals surface area contributed by atoms with Gasteiger partial charge in [0.25, 0.3) is 5.91 Å². The van der Waals surface area contributed by atoms with Crippen LogP contribution in [-0.4, -0.2) is 32.4 Å². The highest BCUT2D eigenvalue weighted by atomic mass is 35.5. The van der Waals surface area contributed by atoms with E-state index in [1.54, 1.807) is 48.5 Å². The second kappa shape index (κ2) is 6.80. The minimum atomic E-state index is -0.200. The molecular weight excluding hydrogens is 326 g/mol. The normalized spacial score (nSPS) is 10.6. The van der Waals surface area contributed by atoms with Gasteiger partial charge in [-0.05, 0) is 44.2 Å². The number of rotatable bonds is 4. The maximum atomic E-state index is 12.9. The van der Waals surface area contributed by atoms with Gasteiger partial charge in [0.2, 0.25) is 0 Å². The Morgan fingerprint density at radius 2 is 1.96 bits per heavy atom. The SMILES string of the molecule is CCN(C(=O)c1nn(-c2cccc(Cl)c2)nc1C)c1ccncc1. The van der Waals surface area contributed by atoms with Crippen molar-refractivity contribution in [1.29, 1.82) is 0 Å². The van der Waals surface area contributed by atoms with Crippen molar-refractivity contribution in [2.75, 3.05) is 11.4 Å². The van der Waals surface area contributed by atoms with Crippen LogP contribution in [-0.2, 0) is 0 Å². The molecule has 3 rings (SSSR count). The van der Waals surface area contributed by atoms with E-state index in [0.717, 1.165) is 5.69 Å². The molecule has 2 aromatic heterocycles. The van der Waals surface area contributed by atoms with Gasteiger partial charge in [0.1, 0.15) is 0 Å². The molecule has 3 aromatic rings. The maximum absolute atomic E-state index is 12.9. The highest BCUT2D eigenvalue weighted by Gasteiger charge is 2.22. The zero-order valence-corrected chi connectivity index (χ0v) is 14.1. The first-order valence-corrected chi connectivity index (χ1v) is 7.89. The second-order valence-corrected chi connectivity index (χ2v) is 5.59. The smallest absolute Gasteiger partial charge is 0.280 e. The van der Waals surface area contributed by atoms with Crippen LogP contribution >= 0.6 is 11.6 Å². The number of carbonyl (C=O) groups excluding carboxylic acids is 1. The van der Waals surface area contributed by atoms with Gasteiger partial charge in [0.15, 0.2) is 5.69 Å². The molecule has 122 valence electrons. The topological polar surface area (TPSA) is 63.9 Å². The summed E-state index contributed by atoms with van der Waals surface area (Å²) < 4.78 is 0. The lowest BCUT2D eigenvalue weighted by Gasteiger charge is -2.19. The molecule has 0 saturated carbocycles. The molecular formula is C17H16ClN5O. The molecule has 24 heavy (non-hydrogen) atoms. The molecule has 0 aliphatic rings. The average Bonchev–Trinajstić information content (AvgIpc) is 2.98. The summed E-state index contributed by atoms with van der Waals surface area (Å²) in [5.41, 5.74) is 2.35. The van der Waals surface area contributed by atoms with Crippen LogP contribution in [0.5, 0.6) is 0 Å². The lowest BCUT2D eigenvalue weighted by Crippen LogP contribution is -2.31. The summed E-state index contributed by atoms with van der Waals surface area (Å²) in [7, 11) is 0. The molecule has 0 unspecified atom stereocenters. The standard InChI is InChI=1S/C17H16ClN5O/c1-3-22(14-7-9-19-10-8-14)17(24)16-12(2)20-23(21-16)15-6-4-5-13(18)11-15/h4-11H,3H2,1-2H3. The zero-order valence-electron chi connectivity index (χ0n) is 13.3. The predicted octanol–water partition coefficient (Wildman–Crippen LogP) is 3.29. The van der Waals surface area contributed by atoms with E-state index in [2.05, 4.69) is 15.2 Å². The van der Waals surface area contributed by atoms with E-state index in [1.165, 1.54) is 4.80 Å². The summed E-state index contributed by atoms with van der Waals surface area (Å²) in [6, 6.07) is 10.7. The molecule has 0 atom stereocenters. The molecule has 6 nitrogen and oxygen atoms in total. The van der Waals surface area contributed by atoms with Crippen molar-refractivity contribution in [3.8, 4) is 5.69 Å². The van der Waals surface area contributed by atoms with E-state index in [-0.39, 0.29) is 5.91 Å². The Morgan fingerprint density at radius 1 is 1.21 bits per heavy atom. The monoisotopic (exact) mass is 341 g/mol. The quantitative estimate of drug-likeness (QED) is 0.730. The lowest BCUT2D eigenvalue weighted by molar-refractivity contribution is 0.0982. The van der Waals surface area contributed by atoms with Crippen molar-refractivity contribution in [2.24, 2.45) is 0 Å². The number of anilines is 1. The molecule has 0 N–H and O–H groups in total. The molecule has 1 amide bonds. The summed E-state index contributed by atoms with van der Waals surface area (Å²) in [5, 5.41) is 9.28. The molecule has 0 spiro atoms.